The van der Waals surface area contributed by atoms with E-state index in [0.29, 0.717) is 22.1 Å². The Hall–Kier alpha value is -2.77. The third kappa shape index (κ3) is 5.87. The lowest BCUT2D eigenvalue weighted by Gasteiger charge is -2.07. The highest BCUT2D eigenvalue weighted by atomic mass is 35.5. The van der Waals surface area contributed by atoms with Crippen molar-refractivity contribution < 1.29 is 19.1 Å². The van der Waals surface area contributed by atoms with Gasteiger partial charge in [-0.3, -0.25) is 9.59 Å². The van der Waals surface area contributed by atoms with Gasteiger partial charge in [-0.1, -0.05) is 23.2 Å². The number of ether oxygens (including phenoxy) is 2. The van der Waals surface area contributed by atoms with E-state index in [2.05, 4.69) is 15.8 Å². The van der Waals surface area contributed by atoms with Crippen molar-refractivity contribution in [2.24, 2.45) is 5.10 Å². The molecule has 0 bridgehead atoms. The predicted molar refractivity (Wildman–Crippen MR) is 104 cm³/mol. The minimum absolute atomic E-state index is 0.199. The molecule has 9 heteroatoms. The minimum atomic E-state index is -0.503. The molecule has 27 heavy (non-hydrogen) atoms. The summed E-state index contributed by atoms with van der Waals surface area (Å²) >= 11 is 11.7. The summed E-state index contributed by atoms with van der Waals surface area (Å²) in [6.45, 7) is -0.269. The maximum Gasteiger partial charge on any atom is 0.259 e. The van der Waals surface area contributed by atoms with Crippen LogP contribution >= 0.6 is 23.2 Å². The molecule has 2 aromatic carbocycles. The summed E-state index contributed by atoms with van der Waals surface area (Å²) in [4.78, 5) is 23.9. The second-order valence-electron chi connectivity index (χ2n) is 5.21. The third-order valence-electron chi connectivity index (χ3n) is 3.42. The molecule has 0 aliphatic heterocycles. The number of hydrogen-bond donors (Lipinski definition) is 2. The quantitative estimate of drug-likeness (QED) is 0.543. The van der Waals surface area contributed by atoms with Gasteiger partial charge in [-0.25, -0.2) is 5.43 Å². The molecule has 0 atom stereocenters. The molecule has 7 nitrogen and oxygen atoms in total. The van der Waals surface area contributed by atoms with Crippen molar-refractivity contribution in [3.63, 3.8) is 0 Å². The third-order valence-corrected chi connectivity index (χ3v) is 3.97. The van der Waals surface area contributed by atoms with Gasteiger partial charge < -0.3 is 14.8 Å². The molecule has 2 rings (SSSR count). The fourth-order valence-corrected chi connectivity index (χ4v) is 2.56. The van der Waals surface area contributed by atoms with E-state index in [0.717, 1.165) is 0 Å². The number of nitrogens with zero attached hydrogens (tertiary/aromatic N) is 1. The Morgan fingerprint density at radius 2 is 1.89 bits per heavy atom. The van der Waals surface area contributed by atoms with Crippen LogP contribution in [0.2, 0.25) is 10.0 Å². The van der Waals surface area contributed by atoms with Gasteiger partial charge in [-0.05, 0) is 30.3 Å². The number of benzene rings is 2. The number of methoxy groups -OCH3 is 2. The first-order valence-corrected chi connectivity index (χ1v) is 8.47. The molecule has 0 aliphatic carbocycles. The zero-order valence-corrected chi connectivity index (χ0v) is 16.1. The van der Waals surface area contributed by atoms with Crippen molar-refractivity contribution in [2.45, 2.75) is 0 Å². The average molecular weight is 410 g/mol. The van der Waals surface area contributed by atoms with E-state index in [9.17, 15) is 9.59 Å². The summed E-state index contributed by atoms with van der Waals surface area (Å²) in [6, 6.07) is 9.63. The minimum Gasteiger partial charge on any atom is -0.497 e. The first-order chi connectivity index (χ1) is 12.9. The molecule has 0 aliphatic rings. The van der Waals surface area contributed by atoms with Crippen molar-refractivity contribution in [2.75, 3.05) is 20.8 Å². The van der Waals surface area contributed by atoms with Crippen LogP contribution in [-0.4, -0.2) is 38.8 Å². The number of rotatable bonds is 7. The smallest absolute Gasteiger partial charge is 0.259 e. The van der Waals surface area contributed by atoms with Crippen LogP contribution in [0.4, 0.5) is 0 Å². The zero-order valence-electron chi connectivity index (χ0n) is 14.6. The number of halogens is 2. The predicted octanol–water partition coefficient (Wildman–Crippen LogP) is 2.89. The van der Waals surface area contributed by atoms with E-state index in [4.69, 9.17) is 32.7 Å². The second-order valence-corrected chi connectivity index (χ2v) is 6.05. The fourth-order valence-electron chi connectivity index (χ4n) is 2.07. The molecule has 0 saturated carbocycles. The van der Waals surface area contributed by atoms with Crippen LogP contribution in [0, 0.1) is 0 Å². The Balaban J connectivity index is 1.89. The summed E-state index contributed by atoms with van der Waals surface area (Å²) < 4.78 is 10.3. The van der Waals surface area contributed by atoms with Gasteiger partial charge in [-0.15, -0.1) is 0 Å². The Morgan fingerprint density at radius 1 is 1.11 bits per heavy atom. The molecule has 2 N–H and O–H groups in total. The molecule has 2 aromatic rings. The molecule has 2 amide bonds. The van der Waals surface area contributed by atoms with Crippen molar-refractivity contribution in [1.29, 1.82) is 0 Å². The normalized spacial score (nSPS) is 10.5. The molecule has 0 saturated heterocycles. The van der Waals surface area contributed by atoms with Crippen molar-refractivity contribution in [3.8, 4) is 11.5 Å². The highest BCUT2D eigenvalue weighted by Crippen LogP contribution is 2.23. The molecule has 0 fully saturated rings. The van der Waals surface area contributed by atoms with Gasteiger partial charge in [0.25, 0.3) is 11.8 Å². The van der Waals surface area contributed by atoms with Crippen molar-refractivity contribution in [1.82, 2.24) is 10.7 Å². The topological polar surface area (TPSA) is 89.0 Å². The van der Waals surface area contributed by atoms with Crippen LogP contribution in [0.1, 0.15) is 15.9 Å². The van der Waals surface area contributed by atoms with E-state index >= 15 is 0 Å². The van der Waals surface area contributed by atoms with Crippen LogP contribution in [0.25, 0.3) is 0 Å². The SMILES string of the molecule is COc1ccc(/C=N/NC(=O)CNC(=O)c2ccc(Cl)cc2Cl)c(OC)c1. The standard InChI is InChI=1S/C18H17Cl2N3O4/c1-26-13-5-3-11(16(8-13)27-2)9-22-23-17(24)10-21-18(25)14-6-4-12(19)7-15(14)20/h3-9H,10H2,1-2H3,(H,21,25)(H,23,24)/b22-9+. The van der Waals surface area contributed by atoms with Crippen molar-refractivity contribution >= 4 is 41.2 Å². The van der Waals surface area contributed by atoms with E-state index in [1.807, 2.05) is 0 Å². The van der Waals surface area contributed by atoms with Crippen molar-refractivity contribution in [3.05, 3.63) is 57.6 Å². The van der Waals surface area contributed by atoms with E-state index in [1.54, 1.807) is 25.3 Å². The Bertz CT molecular complexity index is 872. The largest absolute Gasteiger partial charge is 0.497 e. The van der Waals surface area contributed by atoms with Crippen LogP contribution in [-0.2, 0) is 4.79 Å². The van der Waals surface area contributed by atoms with Gasteiger partial charge in [-0.2, -0.15) is 5.10 Å². The molecule has 142 valence electrons. The molecule has 0 unspecified atom stereocenters. The molecule has 0 radical (unpaired) electrons. The lowest BCUT2D eigenvalue weighted by atomic mass is 10.2. The molecular weight excluding hydrogens is 393 g/mol. The highest BCUT2D eigenvalue weighted by molar-refractivity contribution is 6.36. The summed E-state index contributed by atoms with van der Waals surface area (Å²) in [5, 5.41) is 6.91. The van der Waals surface area contributed by atoms with E-state index in [1.165, 1.54) is 31.5 Å². The number of carbonyl (C=O) groups is 2. The van der Waals surface area contributed by atoms with Gasteiger partial charge in [0, 0.05) is 16.7 Å². The maximum atomic E-state index is 12.0. The molecule has 0 spiro atoms. The van der Waals surface area contributed by atoms with Crippen LogP contribution in [0.3, 0.4) is 0 Å². The number of amides is 2. The second kappa shape index (κ2) is 9.80. The summed E-state index contributed by atoms with van der Waals surface area (Å²) in [5.74, 6) is 0.180. The van der Waals surface area contributed by atoms with Gasteiger partial charge in [0.05, 0.1) is 37.6 Å². The van der Waals surface area contributed by atoms with Crippen LogP contribution in [0.15, 0.2) is 41.5 Å². The summed E-state index contributed by atoms with van der Waals surface area (Å²) in [5.41, 5.74) is 3.19. The number of hydrogen-bond acceptors (Lipinski definition) is 5. The fraction of sp³-hybridized carbons (Fsp3) is 0.167. The van der Waals surface area contributed by atoms with Gasteiger partial charge in [0.1, 0.15) is 11.5 Å². The Morgan fingerprint density at radius 3 is 2.56 bits per heavy atom. The number of hydrazone groups is 1. The molecular formula is C18H17Cl2N3O4. The summed E-state index contributed by atoms with van der Waals surface area (Å²) in [6.07, 6.45) is 1.42. The first kappa shape index (κ1) is 20.5. The summed E-state index contributed by atoms with van der Waals surface area (Å²) in [7, 11) is 3.07. The Labute approximate surface area is 166 Å². The van der Waals surface area contributed by atoms with Crippen LogP contribution < -0.4 is 20.2 Å². The average Bonchev–Trinajstić information content (AvgIpc) is 2.66. The van der Waals surface area contributed by atoms with Gasteiger partial charge in [0.15, 0.2) is 0 Å². The number of nitrogens with one attached hydrogen (secondary N) is 2. The van der Waals surface area contributed by atoms with E-state index < -0.39 is 11.8 Å². The number of carbonyl (C=O) groups excluding carboxylic acids is 2. The monoisotopic (exact) mass is 409 g/mol. The first-order valence-electron chi connectivity index (χ1n) is 7.71. The van der Waals surface area contributed by atoms with Gasteiger partial charge >= 0.3 is 0 Å². The van der Waals surface area contributed by atoms with Crippen LogP contribution in [0.5, 0.6) is 11.5 Å². The zero-order chi connectivity index (χ0) is 19.8. The van der Waals surface area contributed by atoms with E-state index in [-0.39, 0.29) is 17.1 Å². The van der Waals surface area contributed by atoms with Gasteiger partial charge in [0.2, 0.25) is 0 Å². The molecule has 0 aromatic heterocycles. The lowest BCUT2D eigenvalue weighted by Crippen LogP contribution is -2.35. The Kier molecular flexibility index (Phi) is 7.45. The maximum absolute atomic E-state index is 12.0. The molecule has 0 heterocycles. The lowest BCUT2D eigenvalue weighted by molar-refractivity contribution is -0.120. The highest BCUT2D eigenvalue weighted by Gasteiger charge is 2.11.